The number of nitrogen functional groups attached to an aromatic ring is 1. The molecule has 1 aliphatic carbocycles. The molecule has 2 aliphatic rings. The fraction of sp³-hybridized carbons (Fsp3) is 0.268. The van der Waals surface area contributed by atoms with Crippen LogP contribution in [0.1, 0.15) is 31.7 Å². The number of aliphatic carboxylic acids is 6. The van der Waals surface area contributed by atoms with Crippen LogP contribution in [0.15, 0.2) is 90.3 Å². The van der Waals surface area contributed by atoms with E-state index < -0.39 is 73.9 Å². The second kappa shape index (κ2) is 24.4. The maximum absolute atomic E-state index is 15.3. The molecular weight excluding hydrogens is 904 g/mol. The minimum atomic E-state index is -4.73. The molecule has 1 saturated heterocycles. The van der Waals surface area contributed by atoms with E-state index in [0.29, 0.717) is 64.7 Å². The van der Waals surface area contributed by atoms with Gasteiger partial charge in [-0.15, -0.1) is 0 Å². The molecule has 2 aromatic heterocycles. The van der Waals surface area contributed by atoms with E-state index in [9.17, 15) is 46.0 Å². The Balaban J connectivity index is 0.000000394. The molecule has 66 heavy (non-hydrogen) atoms. The van der Waals surface area contributed by atoms with Crippen molar-refractivity contribution in [3.05, 3.63) is 103 Å². The number of nitrogens with one attached hydrogen (secondary N) is 1. The third-order valence-corrected chi connectivity index (χ3v) is 11.0. The van der Waals surface area contributed by atoms with Gasteiger partial charge in [0, 0.05) is 86.5 Å². The Morgan fingerprint density at radius 3 is 1.58 bits per heavy atom. The van der Waals surface area contributed by atoms with Crippen LogP contribution in [0, 0.1) is 17.5 Å². The molecule has 21 nitrogen and oxygen atoms in total. The maximum atomic E-state index is 15.3. The van der Waals surface area contributed by atoms with Gasteiger partial charge in [0.05, 0.1) is 11.1 Å². The number of carboxylic acid groups (broad SMARTS) is 6. The number of aromatic nitrogens is 3. The zero-order valence-corrected chi connectivity index (χ0v) is 35.5. The lowest BCUT2D eigenvalue weighted by Crippen LogP contribution is -2.49. The molecule has 0 atom stereocenters. The maximum Gasteiger partial charge on any atom is 0.328 e. The van der Waals surface area contributed by atoms with Crippen LogP contribution in [-0.4, -0.2) is 138 Å². The summed E-state index contributed by atoms with van der Waals surface area (Å²) < 4.78 is 73.0. The highest BCUT2D eigenvalue weighted by molar-refractivity contribution is 7.92. The summed E-state index contributed by atoms with van der Waals surface area (Å²) >= 11 is 0. The Kier molecular flexibility index (Phi) is 19.5. The smallest absolute Gasteiger partial charge is 0.328 e. The van der Waals surface area contributed by atoms with Crippen LogP contribution in [0.25, 0.3) is 22.2 Å². The van der Waals surface area contributed by atoms with Crippen LogP contribution in [0.2, 0.25) is 0 Å². The summed E-state index contributed by atoms with van der Waals surface area (Å²) in [7, 11) is -2.58. The van der Waals surface area contributed by atoms with Gasteiger partial charge in [0.1, 0.15) is 35.2 Å². The highest BCUT2D eigenvalue weighted by atomic mass is 32.2. The average molecular weight is 948 g/mol. The van der Waals surface area contributed by atoms with Gasteiger partial charge in [0.2, 0.25) is 0 Å². The zero-order chi connectivity index (χ0) is 49.3. The first-order valence-corrected chi connectivity index (χ1v) is 20.7. The molecule has 354 valence electrons. The van der Waals surface area contributed by atoms with Crippen molar-refractivity contribution in [2.24, 2.45) is 0 Å². The first-order chi connectivity index (χ1) is 31.0. The Morgan fingerprint density at radius 1 is 0.682 bits per heavy atom. The molecule has 9 N–H and O–H groups in total. The van der Waals surface area contributed by atoms with E-state index in [-0.39, 0.29) is 11.9 Å². The van der Waals surface area contributed by atoms with E-state index in [1.165, 1.54) is 18.5 Å². The molecule has 1 saturated carbocycles. The molecule has 2 aromatic carbocycles. The van der Waals surface area contributed by atoms with Crippen LogP contribution in [-0.2, 0) is 38.8 Å². The van der Waals surface area contributed by atoms with E-state index >= 15 is 4.39 Å². The molecule has 0 amide bonds. The highest BCUT2D eigenvalue weighted by Gasteiger charge is 2.30. The lowest BCUT2D eigenvalue weighted by molar-refractivity contribution is -0.134. The molecule has 25 heteroatoms. The van der Waals surface area contributed by atoms with Crippen LogP contribution < -0.4 is 10.5 Å². The van der Waals surface area contributed by atoms with Crippen molar-refractivity contribution in [1.29, 1.82) is 0 Å². The van der Waals surface area contributed by atoms with Crippen molar-refractivity contribution in [3.63, 3.8) is 0 Å². The number of carbonyl (C=O) groups is 6. The molecule has 4 aromatic rings. The number of fused-ring (bicyclic) bond motifs is 1. The summed E-state index contributed by atoms with van der Waals surface area (Å²) in [6.45, 7) is 4.33. The van der Waals surface area contributed by atoms with Gasteiger partial charge >= 0.3 is 35.8 Å². The molecular formula is C41H44F3N7O14S. The largest absolute Gasteiger partial charge is 0.478 e. The van der Waals surface area contributed by atoms with Gasteiger partial charge in [-0.3, -0.25) is 9.62 Å². The summed E-state index contributed by atoms with van der Waals surface area (Å²) in [6, 6.07) is 7.32. The summed E-state index contributed by atoms with van der Waals surface area (Å²) in [4.78, 5) is 69.8. The average Bonchev–Trinajstić information content (AvgIpc) is 3.64. The minimum absolute atomic E-state index is 0.186. The predicted octanol–water partition coefficient (Wildman–Crippen LogP) is 3.77. The number of sulfonamides is 1. The van der Waals surface area contributed by atoms with Crippen molar-refractivity contribution in [3.8, 4) is 11.1 Å². The summed E-state index contributed by atoms with van der Waals surface area (Å²) in [5.41, 5.74) is 7.53. The van der Waals surface area contributed by atoms with Crippen LogP contribution in [0.3, 0.4) is 0 Å². The van der Waals surface area contributed by atoms with Crippen molar-refractivity contribution >= 4 is 68.4 Å². The second-order valence-electron chi connectivity index (χ2n) is 14.1. The number of anilines is 2. The monoisotopic (exact) mass is 947 g/mol. The van der Waals surface area contributed by atoms with Gasteiger partial charge in [-0.2, -0.15) is 0 Å². The van der Waals surface area contributed by atoms with E-state index in [1.807, 2.05) is 10.9 Å². The SMILES string of the molecule is CN1CCN(C2CCC(n3cc(-c4ccc(NS(=O)(=O)c5c(F)cccc5F)c(F)c4)c4c(N)ncnc43)CC2)CC1.O=C(O)/C=C\C(=O)O.O=C(O)/C=C\C(=O)O.O=C(O)/C=C\C(=O)O. The van der Waals surface area contributed by atoms with Gasteiger partial charge in [0.25, 0.3) is 10.0 Å². The highest BCUT2D eigenvalue weighted by Crippen LogP contribution is 2.40. The molecule has 0 radical (unpaired) electrons. The predicted molar refractivity (Wildman–Crippen MR) is 228 cm³/mol. The van der Waals surface area contributed by atoms with Gasteiger partial charge in [-0.1, -0.05) is 12.1 Å². The molecule has 3 heterocycles. The molecule has 2 fully saturated rings. The van der Waals surface area contributed by atoms with E-state index in [0.717, 1.165) is 76.1 Å². The van der Waals surface area contributed by atoms with Crippen molar-refractivity contribution in [2.45, 2.75) is 42.7 Å². The number of halogens is 3. The van der Waals surface area contributed by atoms with Crippen LogP contribution in [0.4, 0.5) is 24.7 Å². The number of piperazine rings is 1. The molecule has 0 unspecified atom stereocenters. The summed E-state index contributed by atoms with van der Waals surface area (Å²) in [5, 5.41) is 47.5. The number of benzene rings is 2. The Labute approximate surface area is 373 Å². The lowest BCUT2D eigenvalue weighted by Gasteiger charge is -2.41. The van der Waals surface area contributed by atoms with Crippen molar-refractivity contribution < 1.29 is 81.0 Å². The molecule has 0 bridgehead atoms. The van der Waals surface area contributed by atoms with E-state index in [2.05, 4.69) is 31.4 Å². The summed E-state index contributed by atoms with van der Waals surface area (Å²) in [5.74, 6) is -10.8. The third kappa shape index (κ3) is 16.2. The van der Waals surface area contributed by atoms with Crippen LogP contribution in [0.5, 0.6) is 0 Å². The first-order valence-electron chi connectivity index (χ1n) is 19.2. The molecule has 0 spiro atoms. The normalized spacial score (nSPS) is 16.6. The van der Waals surface area contributed by atoms with E-state index in [4.69, 9.17) is 36.4 Å². The zero-order valence-electron chi connectivity index (χ0n) is 34.7. The number of nitrogens with zero attached hydrogens (tertiary/aromatic N) is 5. The van der Waals surface area contributed by atoms with Crippen LogP contribution >= 0.6 is 0 Å². The topological polar surface area (TPSA) is 333 Å². The Hall–Kier alpha value is -7.64. The summed E-state index contributed by atoms with van der Waals surface area (Å²) in [6.07, 6.45) is 10.7. The Morgan fingerprint density at radius 2 is 1.14 bits per heavy atom. The van der Waals surface area contributed by atoms with Gasteiger partial charge < -0.3 is 45.8 Å². The fourth-order valence-electron chi connectivity index (χ4n) is 6.62. The fourth-order valence-corrected chi connectivity index (χ4v) is 7.83. The number of nitrogens with two attached hydrogens (primary N) is 1. The van der Waals surface area contributed by atoms with Gasteiger partial charge in [-0.05, 0) is 62.6 Å². The third-order valence-electron chi connectivity index (χ3n) is 9.57. The number of hydrogen-bond acceptors (Lipinski definition) is 13. The van der Waals surface area contributed by atoms with Crippen molar-refractivity contribution in [1.82, 2.24) is 24.3 Å². The van der Waals surface area contributed by atoms with E-state index in [1.54, 1.807) is 0 Å². The number of hydrogen-bond donors (Lipinski definition) is 8. The minimum Gasteiger partial charge on any atom is -0.478 e. The van der Waals surface area contributed by atoms with Crippen molar-refractivity contribution in [2.75, 3.05) is 43.7 Å². The van der Waals surface area contributed by atoms with Gasteiger partial charge in [-0.25, -0.2) is 60.3 Å². The number of carboxylic acids is 6. The first kappa shape index (κ1) is 52.7. The van der Waals surface area contributed by atoms with Gasteiger partial charge in [0.15, 0.2) is 4.90 Å². The molecule has 1 aliphatic heterocycles. The number of rotatable bonds is 12. The standard InChI is InChI=1S/C29H32F3N7O2S.3C4H4O4/c1-37-11-13-38(14-12-37)19-6-8-20(9-7-19)39-16-21(26-28(33)34-17-35-29(26)39)18-5-10-25(24(32)15-18)36-42(40,41)27-22(30)3-2-4-23(27)31;3*5-3(6)1-2-4(7)8/h2-5,10,15-17,19-20,36H,6-9,11-14H2,1H3,(H2,33,34,35);3*1-2H,(H,5,6)(H,7,8)/b;3*2-1-. The number of likely N-dealkylation sites (N-methyl/N-ethyl adjacent to an activating group) is 1. The molecule has 6 rings (SSSR count). The quantitative estimate of drug-likeness (QED) is 0.0937. The second-order valence-corrected chi connectivity index (χ2v) is 15.7. The Bertz CT molecular complexity index is 2470. The lowest BCUT2D eigenvalue weighted by atomic mass is 9.89.